The standard InChI is InChI=1S/C31H38N6/c1-8-9-27(22-35(5)6)25-10-11-26-21-33-30(20-28(26)18-25)34-23(2)24-12-13-32-29(19-24)31(3,4)37-16-14-36(7)15-17-37/h9-13,18-22H,1-2,14-17H2,3-7H3,(H,33,34)/b27-22+. The van der Waals surface area contributed by atoms with Crippen LogP contribution in [-0.2, 0) is 5.54 Å². The van der Waals surface area contributed by atoms with Crippen molar-refractivity contribution in [3.8, 4) is 0 Å². The van der Waals surface area contributed by atoms with E-state index < -0.39 is 0 Å². The summed E-state index contributed by atoms with van der Waals surface area (Å²) >= 11 is 0. The van der Waals surface area contributed by atoms with E-state index in [2.05, 4.69) is 96.4 Å². The zero-order valence-electron chi connectivity index (χ0n) is 22.8. The fourth-order valence-electron chi connectivity index (χ4n) is 4.68. The Balaban J connectivity index is 1.56. The summed E-state index contributed by atoms with van der Waals surface area (Å²) in [5.41, 5.74) is 7.73. The Morgan fingerprint density at radius 3 is 2.49 bits per heavy atom. The van der Waals surface area contributed by atoms with Gasteiger partial charge in [0, 0.05) is 81.1 Å². The summed E-state index contributed by atoms with van der Waals surface area (Å²) in [6, 6.07) is 12.6. The summed E-state index contributed by atoms with van der Waals surface area (Å²) in [7, 11) is 6.19. The maximum Gasteiger partial charge on any atom is 0.130 e. The van der Waals surface area contributed by atoms with Crippen molar-refractivity contribution in [3.63, 3.8) is 0 Å². The van der Waals surface area contributed by atoms with Crippen LogP contribution in [0.4, 0.5) is 5.82 Å². The van der Waals surface area contributed by atoms with E-state index in [1.165, 1.54) is 0 Å². The Bertz CT molecular complexity index is 1360. The minimum Gasteiger partial charge on any atom is -0.383 e. The van der Waals surface area contributed by atoms with E-state index in [1.807, 2.05) is 43.5 Å². The molecule has 0 aliphatic carbocycles. The number of pyridine rings is 2. The minimum absolute atomic E-state index is 0.160. The van der Waals surface area contributed by atoms with Crippen molar-refractivity contribution in [2.75, 3.05) is 52.6 Å². The van der Waals surface area contributed by atoms with Crippen molar-refractivity contribution in [2.24, 2.45) is 0 Å². The number of fused-ring (bicyclic) bond motifs is 1. The zero-order chi connectivity index (χ0) is 26.6. The predicted octanol–water partition coefficient (Wildman–Crippen LogP) is 5.44. The number of piperazine rings is 1. The van der Waals surface area contributed by atoms with Crippen LogP contribution in [0.25, 0.3) is 22.0 Å². The number of nitrogens with one attached hydrogen (secondary N) is 1. The number of allylic oxidation sites excluding steroid dienone is 2. The maximum atomic E-state index is 4.74. The lowest BCUT2D eigenvalue weighted by molar-refractivity contribution is 0.0580. The first-order chi connectivity index (χ1) is 17.7. The van der Waals surface area contributed by atoms with Crippen molar-refractivity contribution >= 4 is 27.9 Å². The topological polar surface area (TPSA) is 47.5 Å². The quantitative estimate of drug-likeness (QED) is 0.332. The first-order valence-corrected chi connectivity index (χ1v) is 12.7. The number of aromatic nitrogens is 2. The van der Waals surface area contributed by atoms with Crippen molar-refractivity contribution < 1.29 is 0 Å². The van der Waals surface area contributed by atoms with Gasteiger partial charge in [-0.3, -0.25) is 9.88 Å². The second-order valence-corrected chi connectivity index (χ2v) is 10.4. The second-order valence-electron chi connectivity index (χ2n) is 10.4. The SMILES string of the molecule is C=C=C/C(=C\N(C)C)c1ccc2cnc(NC(=C)c3ccnc(C(C)(C)N4CCN(C)CC4)c3)cc2c1. The van der Waals surface area contributed by atoms with Crippen LogP contribution in [0.15, 0.2) is 80.0 Å². The molecule has 0 saturated carbocycles. The third-order valence-corrected chi connectivity index (χ3v) is 7.02. The first-order valence-electron chi connectivity index (χ1n) is 12.7. The Kier molecular flexibility index (Phi) is 7.94. The summed E-state index contributed by atoms with van der Waals surface area (Å²) in [4.78, 5) is 16.3. The molecular weight excluding hydrogens is 456 g/mol. The van der Waals surface area contributed by atoms with Gasteiger partial charge >= 0.3 is 0 Å². The van der Waals surface area contributed by atoms with Gasteiger partial charge in [0.15, 0.2) is 0 Å². The van der Waals surface area contributed by atoms with Gasteiger partial charge in [0.1, 0.15) is 5.82 Å². The molecule has 0 unspecified atom stereocenters. The van der Waals surface area contributed by atoms with Crippen LogP contribution < -0.4 is 5.32 Å². The molecule has 1 aliphatic rings. The van der Waals surface area contributed by atoms with Crippen molar-refractivity contribution in [1.82, 2.24) is 24.7 Å². The molecule has 1 aliphatic heterocycles. The first kappa shape index (κ1) is 26.4. The fraction of sp³-hybridized carbons (Fsp3) is 0.323. The van der Waals surface area contributed by atoms with Gasteiger partial charge in [-0.25, -0.2) is 4.98 Å². The number of nitrogens with zero attached hydrogens (tertiary/aromatic N) is 5. The molecule has 37 heavy (non-hydrogen) atoms. The molecule has 0 amide bonds. The highest BCUT2D eigenvalue weighted by Crippen LogP contribution is 2.30. The van der Waals surface area contributed by atoms with Gasteiger partial charge in [0.05, 0.1) is 11.2 Å². The molecule has 6 nitrogen and oxygen atoms in total. The van der Waals surface area contributed by atoms with E-state index >= 15 is 0 Å². The highest BCUT2D eigenvalue weighted by Gasteiger charge is 2.32. The summed E-state index contributed by atoms with van der Waals surface area (Å²) in [5, 5.41) is 5.58. The van der Waals surface area contributed by atoms with Gasteiger partial charge in [0.25, 0.3) is 0 Å². The molecule has 1 aromatic carbocycles. The van der Waals surface area contributed by atoms with Crippen LogP contribution in [0.5, 0.6) is 0 Å². The van der Waals surface area contributed by atoms with Crippen LogP contribution in [-0.4, -0.2) is 72.0 Å². The molecule has 0 radical (unpaired) electrons. The van der Waals surface area contributed by atoms with Gasteiger partial charge in [-0.2, -0.15) is 0 Å². The molecule has 0 bridgehead atoms. The van der Waals surface area contributed by atoms with Crippen molar-refractivity contribution in [2.45, 2.75) is 19.4 Å². The van der Waals surface area contributed by atoms with Gasteiger partial charge in [-0.1, -0.05) is 25.3 Å². The molecule has 2 aromatic heterocycles. The Labute approximate surface area is 221 Å². The summed E-state index contributed by atoms with van der Waals surface area (Å²) in [6.45, 7) is 16.8. The number of hydrogen-bond acceptors (Lipinski definition) is 6. The van der Waals surface area contributed by atoms with Crippen LogP contribution in [0.1, 0.15) is 30.7 Å². The molecule has 3 heterocycles. The molecular formula is C31H38N6. The van der Waals surface area contributed by atoms with Crippen molar-refractivity contribution in [1.29, 1.82) is 0 Å². The number of benzene rings is 1. The van der Waals surface area contributed by atoms with Crippen molar-refractivity contribution in [3.05, 3.63) is 96.8 Å². The van der Waals surface area contributed by atoms with Crippen LogP contribution in [0, 0.1) is 0 Å². The summed E-state index contributed by atoms with van der Waals surface area (Å²) in [5.74, 6) is 0.753. The largest absolute Gasteiger partial charge is 0.383 e. The molecule has 1 N–H and O–H groups in total. The van der Waals surface area contributed by atoms with E-state index in [1.54, 1.807) is 0 Å². The molecule has 3 aromatic rings. The van der Waals surface area contributed by atoms with E-state index in [4.69, 9.17) is 4.98 Å². The van der Waals surface area contributed by atoms with E-state index in [0.717, 1.165) is 70.9 Å². The second kappa shape index (κ2) is 11.1. The zero-order valence-corrected chi connectivity index (χ0v) is 22.8. The lowest BCUT2D eigenvalue weighted by Gasteiger charge is -2.43. The molecule has 0 atom stereocenters. The van der Waals surface area contributed by atoms with Gasteiger partial charge < -0.3 is 15.1 Å². The van der Waals surface area contributed by atoms with Gasteiger partial charge in [-0.15, -0.1) is 5.73 Å². The highest BCUT2D eigenvalue weighted by atomic mass is 15.3. The average Bonchev–Trinajstić information content (AvgIpc) is 2.88. The summed E-state index contributed by atoms with van der Waals surface area (Å²) < 4.78 is 0. The van der Waals surface area contributed by atoms with Crippen LogP contribution in [0.3, 0.4) is 0 Å². The molecule has 0 spiro atoms. The lowest BCUT2D eigenvalue weighted by Crippen LogP contribution is -2.52. The number of hydrogen-bond donors (Lipinski definition) is 1. The van der Waals surface area contributed by atoms with E-state index in [-0.39, 0.29) is 5.54 Å². The number of anilines is 1. The molecule has 6 heteroatoms. The van der Waals surface area contributed by atoms with E-state index in [9.17, 15) is 0 Å². The maximum absolute atomic E-state index is 4.74. The monoisotopic (exact) mass is 494 g/mol. The normalized spacial score (nSPS) is 15.3. The Morgan fingerprint density at radius 2 is 1.78 bits per heavy atom. The lowest BCUT2D eigenvalue weighted by atomic mass is 9.94. The third kappa shape index (κ3) is 6.17. The van der Waals surface area contributed by atoms with Gasteiger partial charge in [-0.05, 0) is 62.2 Å². The minimum atomic E-state index is -0.160. The average molecular weight is 495 g/mol. The van der Waals surface area contributed by atoms with E-state index in [0.29, 0.717) is 0 Å². The van der Waals surface area contributed by atoms with Crippen LogP contribution >= 0.6 is 0 Å². The molecule has 4 rings (SSSR count). The van der Waals surface area contributed by atoms with Gasteiger partial charge in [0.2, 0.25) is 0 Å². The Hall–Kier alpha value is -3.70. The Morgan fingerprint density at radius 1 is 1.03 bits per heavy atom. The smallest absolute Gasteiger partial charge is 0.130 e. The predicted molar refractivity (Wildman–Crippen MR) is 156 cm³/mol. The third-order valence-electron chi connectivity index (χ3n) is 7.02. The number of likely N-dealkylation sites (N-methyl/N-ethyl adjacent to an activating group) is 1. The van der Waals surface area contributed by atoms with Crippen LogP contribution in [0.2, 0.25) is 0 Å². The number of rotatable bonds is 8. The fourth-order valence-corrected chi connectivity index (χ4v) is 4.68. The molecule has 192 valence electrons. The summed E-state index contributed by atoms with van der Waals surface area (Å²) in [6.07, 6.45) is 7.73. The highest BCUT2D eigenvalue weighted by molar-refractivity contribution is 5.90. The molecule has 1 saturated heterocycles. The molecule has 1 fully saturated rings.